The van der Waals surface area contributed by atoms with E-state index in [1.54, 1.807) is 19.2 Å². The van der Waals surface area contributed by atoms with Crippen LogP contribution in [-0.4, -0.2) is 29.0 Å². The third kappa shape index (κ3) is 4.14. The topological polar surface area (TPSA) is 77.2 Å². The van der Waals surface area contributed by atoms with Gasteiger partial charge in [-0.3, -0.25) is 4.79 Å². The number of anilines is 1. The first-order chi connectivity index (χ1) is 11.7. The number of nitrogens with one attached hydrogen (secondary N) is 1. The van der Waals surface area contributed by atoms with Crippen molar-refractivity contribution in [1.82, 2.24) is 10.2 Å². The van der Waals surface area contributed by atoms with Gasteiger partial charge in [-0.2, -0.15) is 0 Å². The van der Waals surface area contributed by atoms with Crippen molar-refractivity contribution in [2.45, 2.75) is 4.90 Å². The van der Waals surface area contributed by atoms with Gasteiger partial charge < -0.3 is 14.5 Å². The van der Waals surface area contributed by atoms with Gasteiger partial charge in [0.2, 0.25) is 18.2 Å². The zero-order valence-electron chi connectivity index (χ0n) is 12.9. The van der Waals surface area contributed by atoms with Crippen LogP contribution in [0.25, 0.3) is 11.5 Å². The van der Waals surface area contributed by atoms with Gasteiger partial charge in [0.15, 0.2) is 0 Å². The fourth-order valence-corrected chi connectivity index (χ4v) is 2.78. The van der Waals surface area contributed by atoms with E-state index in [-0.39, 0.29) is 5.91 Å². The van der Waals surface area contributed by atoms with Crippen LogP contribution in [0.2, 0.25) is 0 Å². The lowest BCUT2D eigenvalue weighted by Crippen LogP contribution is -2.13. The molecule has 0 aliphatic rings. The van der Waals surface area contributed by atoms with Crippen molar-refractivity contribution in [3.63, 3.8) is 0 Å². The average Bonchev–Trinajstić information content (AvgIpc) is 3.15. The van der Waals surface area contributed by atoms with Crippen LogP contribution in [0.5, 0.6) is 5.75 Å². The molecule has 0 atom stereocenters. The first kappa shape index (κ1) is 16.1. The molecule has 0 aliphatic carbocycles. The molecule has 0 unspecified atom stereocenters. The Labute approximate surface area is 143 Å². The van der Waals surface area contributed by atoms with Crippen LogP contribution in [0.3, 0.4) is 0 Å². The molecule has 3 rings (SSSR count). The highest BCUT2D eigenvalue weighted by Crippen LogP contribution is 2.23. The summed E-state index contributed by atoms with van der Waals surface area (Å²) in [5.41, 5.74) is 1.52. The van der Waals surface area contributed by atoms with Gasteiger partial charge in [-0.1, -0.05) is 6.07 Å². The molecule has 122 valence electrons. The molecule has 7 heteroatoms. The molecule has 1 aromatic heterocycles. The molecular formula is C17H15N3O3S. The molecule has 1 heterocycles. The van der Waals surface area contributed by atoms with E-state index in [2.05, 4.69) is 15.5 Å². The molecule has 1 N–H and O–H groups in total. The van der Waals surface area contributed by atoms with E-state index in [1.807, 2.05) is 36.4 Å². The lowest BCUT2D eigenvalue weighted by Gasteiger charge is -2.06. The maximum Gasteiger partial charge on any atom is 0.247 e. The molecule has 0 fully saturated rings. The summed E-state index contributed by atoms with van der Waals surface area (Å²) in [4.78, 5) is 13.0. The van der Waals surface area contributed by atoms with Crippen molar-refractivity contribution in [2.75, 3.05) is 18.2 Å². The Morgan fingerprint density at radius 1 is 1.25 bits per heavy atom. The average molecular weight is 341 g/mol. The molecule has 2 aromatic carbocycles. The van der Waals surface area contributed by atoms with E-state index in [4.69, 9.17) is 9.15 Å². The number of carbonyl (C=O) groups is 1. The molecule has 0 aliphatic heterocycles. The number of nitrogens with zero attached hydrogens (tertiary/aromatic N) is 2. The van der Waals surface area contributed by atoms with E-state index in [0.29, 0.717) is 11.6 Å². The SMILES string of the molecule is COc1cccc(SCC(=O)Nc2ccc(-c3nnco3)cc2)c1. The fourth-order valence-electron chi connectivity index (χ4n) is 2.03. The van der Waals surface area contributed by atoms with Gasteiger partial charge in [0.1, 0.15) is 5.75 Å². The van der Waals surface area contributed by atoms with Crippen molar-refractivity contribution in [3.05, 3.63) is 54.9 Å². The Morgan fingerprint density at radius 3 is 2.79 bits per heavy atom. The van der Waals surface area contributed by atoms with Crippen LogP contribution in [0.15, 0.2) is 64.2 Å². The van der Waals surface area contributed by atoms with Gasteiger partial charge in [0, 0.05) is 16.1 Å². The molecule has 0 bridgehead atoms. The Morgan fingerprint density at radius 2 is 2.08 bits per heavy atom. The minimum atomic E-state index is -0.0756. The molecular weight excluding hydrogens is 326 g/mol. The predicted molar refractivity (Wildman–Crippen MR) is 92.1 cm³/mol. The van der Waals surface area contributed by atoms with Crippen LogP contribution in [0.1, 0.15) is 0 Å². The number of aromatic nitrogens is 2. The van der Waals surface area contributed by atoms with Crippen molar-refractivity contribution >= 4 is 23.4 Å². The van der Waals surface area contributed by atoms with E-state index in [0.717, 1.165) is 21.9 Å². The second-order valence-corrected chi connectivity index (χ2v) is 5.89. The minimum Gasteiger partial charge on any atom is -0.497 e. The van der Waals surface area contributed by atoms with Crippen LogP contribution >= 0.6 is 11.8 Å². The first-order valence-electron chi connectivity index (χ1n) is 7.18. The molecule has 6 nitrogen and oxygen atoms in total. The Bertz CT molecular complexity index is 804. The van der Waals surface area contributed by atoms with Gasteiger partial charge in [-0.05, 0) is 42.5 Å². The number of benzene rings is 2. The van der Waals surface area contributed by atoms with Crippen molar-refractivity contribution in [3.8, 4) is 17.2 Å². The maximum absolute atomic E-state index is 12.0. The zero-order valence-corrected chi connectivity index (χ0v) is 13.7. The van der Waals surface area contributed by atoms with Gasteiger partial charge in [0.05, 0.1) is 12.9 Å². The van der Waals surface area contributed by atoms with Crippen LogP contribution in [0, 0.1) is 0 Å². The van der Waals surface area contributed by atoms with Gasteiger partial charge in [0.25, 0.3) is 0 Å². The molecule has 24 heavy (non-hydrogen) atoms. The standard InChI is InChI=1S/C17H15N3O3S/c1-22-14-3-2-4-15(9-14)24-10-16(21)19-13-7-5-12(6-8-13)17-20-18-11-23-17/h2-9,11H,10H2,1H3,(H,19,21). The summed E-state index contributed by atoms with van der Waals surface area (Å²) in [5, 5.41) is 10.3. The highest BCUT2D eigenvalue weighted by molar-refractivity contribution is 8.00. The molecule has 3 aromatic rings. The number of hydrogen-bond acceptors (Lipinski definition) is 6. The number of methoxy groups -OCH3 is 1. The summed E-state index contributed by atoms with van der Waals surface area (Å²) in [6, 6.07) is 14.8. The third-order valence-electron chi connectivity index (χ3n) is 3.19. The predicted octanol–water partition coefficient (Wildman–Crippen LogP) is 3.48. The second-order valence-electron chi connectivity index (χ2n) is 4.84. The zero-order chi connectivity index (χ0) is 16.8. The van der Waals surface area contributed by atoms with Crippen molar-refractivity contribution in [1.29, 1.82) is 0 Å². The monoisotopic (exact) mass is 341 g/mol. The summed E-state index contributed by atoms with van der Waals surface area (Å²) in [6.07, 6.45) is 1.28. The molecule has 0 spiro atoms. The largest absolute Gasteiger partial charge is 0.497 e. The summed E-state index contributed by atoms with van der Waals surface area (Å²) in [5.74, 6) is 1.46. The van der Waals surface area contributed by atoms with Crippen LogP contribution < -0.4 is 10.1 Å². The fraction of sp³-hybridized carbons (Fsp3) is 0.118. The summed E-state index contributed by atoms with van der Waals surface area (Å²) < 4.78 is 10.3. The summed E-state index contributed by atoms with van der Waals surface area (Å²) >= 11 is 1.45. The quantitative estimate of drug-likeness (QED) is 0.692. The van der Waals surface area contributed by atoms with Gasteiger partial charge in [-0.25, -0.2) is 0 Å². The maximum atomic E-state index is 12.0. The Kier molecular flexibility index (Phi) is 5.12. The molecule has 0 saturated carbocycles. The Balaban J connectivity index is 1.54. The van der Waals surface area contributed by atoms with Crippen LogP contribution in [0.4, 0.5) is 5.69 Å². The summed E-state index contributed by atoms with van der Waals surface area (Å²) in [7, 11) is 1.62. The number of rotatable bonds is 6. The molecule has 0 saturated heterocycles. The molecule has 0 radical (unpaired) electrons. The number of amides is 1. The lowest BCUT2D eigenvalue weighted by molar-refractivity contribution is -0.113. The van der Waals surface area contributed by atoms with E-state index in [1.165, 1.54) is 18.2 Å². The first-order valence-corrected chi connectivity index (χ1v) is 8.16. The lowest BCUT2D eigenvalue weighted by atomic mass is 10.2. The number of thioether (sulfide) groups is 1. The van der Waals surface area contributed by atoms with Gasteiger partial charge >= 0.3 is 0 Å². The smallest absolute Gasteiger partial charge is 0.247 e. The van der Waals surface area contributed by atoms with E-state index in [9.17, 15) is 4.79 Å². The highest BCUT2D eigenvalue weighted by Gasteiger charge is 2.06. The third-order valence-corrected chi connectivity index (χ3v) is 4.18. The number of ether oxygens (including phenoxy) is 1. The van der Waals surface area contributed by atoms with Crippen LogP contribution in [-0.2, 0) is 4.79 Å². The van der Waals surface area contributed by atoms with Crippen molar-refractivity contribution in [2.24, 2.45) is 0 Å². The van der Waals surface area contributed by atoms with E-state index < -0.39 is 0 Å². The molecule has 1 amide bonds. The van der Waals surface area contributed by atoms with Crippen molar-refractivity contribution < 1.29 is 13.9 Å². The second kappa shape index (κ2) is 7.65. The number of hydrogen-bond donors (Lipinski definition) is 1. The van der Waals surface area contributed by atoms with E-state index >= 15 is 0 Å². The Hall–Kier alpha value is -2.80. The normalized spacial score (nSPS) is 10.4. The highest BCUT2D eigenvalue weighted by atomic mass is 32.2. The summed E-state index contributed by atoms with van der Waals surface area (Å²) in [6.45, 7) is 0. The van der Waals surface area contributed by atoms with Gasteiger partial charge in [-0.15, -0.1) is 22.0 Å². The number of carbonyl (C=O) groups excluding carboxylic acids is 1. The minimum absolute atomic E-state index is 0.0756.